The molecule has 0 aliphatic carbocycles. The van der Waals surface area contributed by atoms with Gasteiger partial charge in [-0.3, -0.25) is 9.79 Å². The maximum absolute atomic E-state index is 12.1. The Morgan fingerprint density at radius 3 is 3.03 bits per heavy atom. The maximum Gasteiger partial charge on any atom is 0.230 e. The molecule has 1 aromatic heterocycles. The van der Waals surface area contributed by atoms with E-state index in [-0.39, 0.29) is 12.0 Å². The topological polar surface area (TPSA) is 63.6 Å². The number of hydrogen-bond acceptors (Lipinski definition) is 6. The van der Waals surface area contributed by atoms with Crippen molar-refractivity contribution in [1.82, 2.24) is 10.3 Å². The Morgan fingerprint density at radius 2 is 2.23 bits per heavy atom. The van der Waals surface area contributed by atoms with E-state index in [9.17, 15) is 4.79 Å². The highest BCUT2D eigenvalue weighted by atomic mass is 35.5. The Balaban J connectivity index is 1.36. The van der Waals surface area contributed by atoms with Gasteiger partial charge in [-0.25, -0.2) is 4.98 Å². The van der Waals surface area contributed by atoms with Gasteiger partial charge in [0.05, 0.1) is 32.8 Å². The summed E-state index contributed by atoms with van der Waals surface area (Å²) in [5.41, 5.74) is 2.50. The van der Waals surface area contributed by atoms with Gasteiger partial charge >= 0.3 is 0 Å². The summed E-state index contributed by atoms with van der Waals surface area (Å²) in [6, 6.07) is 11.1. The molecule has 1 N–H and O–H groups in total. The average molecular weight is 480 g/mol. The lowest BCUT2D eigenvalue weighted by molar-refractivity contribution is -0.119. The number of rotatable bonds is 7. The number of thiazole rings is 1. The molecule has 0 spiro atoms. The molecule has 1 amide bonds. The molecule has 2 aromatic carbocycles. The number of amides is 1. The predicted octanol–water partition coefficient (Wildman–Crippen LogP) is 5.74. The van der Waals surface area contributed by atoms with Crippen molar-refractivity contribution in [2.45, 2.75) is 23.3 Å². The number of aliphatic imine (C=N–C) groups is 1. The summed E-state index contributed by atoms with van der Waals surface area (Å²) >= 11 is 15.1. The van der Waals surface area contributed by atoms with Crippen molar-refractivity contribution in [3.05, 3.63) is 52.0 Å². The molecule has 0 radical (unpaired) electrons. The summed E-state index contributed by atoms with van der Waals surface area (Å²) in [5.74, 6) is 0.340. The third-order valence-electron chi connectivity index (χ3n) is 4.55. The number of nitrogens with one attached hydrogen (secondary N) is 1. The van der Waals surface area contributed by atoms with Crippen LogP contribution in [0.15, 0.2) is 45.7 Å². The smallest absolute Gasteiger partial charge is 0.230 e. The minimum atomic E-state index is -0.000103. The van der Waals surface area contributed by atoms with Crippen LogP contribution in [0.3, 0.4) is 0 Å². The predicted molar refractivity (Wildman–Crippen MR) is 126 cm³/mol. The summed E-state index contributed by atoms with van der Waals surface area (Å²) in [5, 5.41) is 4.08. The van der Waals surface area contributed by atoms with Gasteiger partial charge in [0.1, 0.15) is 0 Å². The molecule has 0 bridgehead atoms. The van der Waals surface area contributed by atoms with Gasteiger partial charge in [-0.2, -0.15) is 0 Å². The van der Waals surface area contributed by atoms with Crippen LogP contribution >= 0.6 is 46.3 Å². The first-order valence-corrected chi connectivity index (χ1v) is 12.0. The number of benzene rings is 2. The number of thioether (sulfide) groups is 1. The second kappa shape index (κ2) is 10.1. The van der Waals surface area contributed by atoms with Gasteiger partial charge < -0.3 is 10.1 Å². The summed E-state index contributed by atoms with van der Waals surface area (Å²) in [4.78, 5) is 21.2. The molecule has 1 saturated heterocycles. The van der Waals surface area contributed by atoms with Gasteiger partial charge in [0, 0.05) is 30.0 Å². The number of halogens is 2. The molecule has 30 heavy (non-hydrogen) atoms. The monoisotopic (exact) mass is 479 g/mol. The molecule has 1 atom stereocenters. The first kappa shape index (κ1) is 21.6. The van der Waals surface area contributed by atoms with E-state index in [0.29, 0.717) is 22.3 Å². The molecule has 2 heterocycles. The van der Waals surface area contributed by atoms with Crippen molar-refractivity contribution in [2.24, 2.45) is 4.99 Å². The zero-order valence-corrected chi connectivity index (χ0v) is 19.1. The van der Waals surface area contributed by atoms with E-state index in [2.05, 4.69) is 15.3 Å². The van der Waals surface area contributed by atoms with E-state index < -0.39 is 0 Å². The van der Waals surface area contributed by atoms with Crippen LogP contribution in [0.5, 0.6) is 0 Å². The number of ether oxygens (including phenoxy) is 1. The summed E-state index contributed by atoms with van der Waals surface area (Å²) in [6.45, 7) is 1.37. The molecule has 3 aromatic rings. The molecule has 156 valence electrons. The number of aromatic nitrogens is 1. The van der Waals surface area contributed by atoms with Gasteiger partial charge in [0.2, 0.25) is 5.91 Å². The third kappa shape index (κ3) is 5.74. The number of fused-ring (bicyclic) bond motifs is 1. The Bertz CT molecular complexity index is 1080. The highest BCUT2D eigenvalue weighted by Crippen LogP contribution is 2.32. The van der Waals surface area contributed by atoms with Crippen LogP contribution in [0.2, 0.25) is 10.0 Å². The third-order valence-corrected chi connectivity index (χ3v) is 7.27. The molecular weight excluding hydrogens is 461 g/mol. The van der Waals surface area contributed by atoms with Crippen LogP contribution in [0.25, 0.3) is 10.2 Å². The van der Waals surface area contributed by atoms with Crippen LogP contribution in [0.4, 0.5) is 5.69 Å². The molecule has 1 aliphatic heterocycles. The first-order chi connectivity index (χ1) is 14.6. The Kier molecular flexibility index (Phi) is 7.28. The SMILES string of the molecule is O=C(CSc1nc2ccc(N=Cc3ccc(Cl)cc3Cl)cc2s1)NC[C@H]1CCCO1. The highest BCUT2D eigenvalue weighted by Gasteiger charge is 2.16. The fraction of sp³-hybridized carbons (Fsp3) is 0.286. The van der Waals surface area contributed by atoms with Crippen molar-refractivity contribution in [3.63, 3.8) is 0 Å². The van der Waals surface area contributed by atoms with Crippen LogP contribution < -0.4 is 5.32 Å². The van der Waals surface area contributed by atoms with Crippen molar-refractivity contribution in [2.75, 3.05) is 18.9 Å². The summed E-state index contributed by atoms with van der Waals surface area (Å²) in [7, 11) is 0. The molecule has 0 saturated carbocycles. The lowest BCUT2D eigenvalue weighted by atomic mass is 10.2. The maximum atomic E-state index is 12.1. The number of nitrogens with zero attached hydrogens (tertiary/aromatic N) is 2. The average Bonchev–Trinajstić information content (AvgIpc) is 3.39. The first-order valence-electron chi connectivity index (χ1n) is 9.47. The Morgan fingerprint density at radius 1 is 1.33 bits per heavy atom. The minimum absolute atomic E-state index is 0.000103. The largest absolute Gasteiger partial charge is 0.376 e. The van der Waals surface area contributed by atoms with E-state index in [1.165, 1.54) is 11.8 Å². The van der Waals surface area contributed by atoms with Gasteiger partial charge in [-0.05, 0) is 43.2 Å². The lowest BCUT2D eigenvalue weighted by Crippen LogP contribution is -2.32. The van der Waals surface area contributed by atoms with E-state index in [1.807, 2.05) is 24.3 Å². The number of hydrogen-bond donors (Lipinski definition) is 1. The summed E-state index contributed by atoms with van der Waals surface area (Å²) < 4.78 is 7.40. The molecule has 1 fully saturated rings. The lowest BCUT2D eigenvalue weighted by Gasteiger charge is -2.09. The van der Waals surface area contributed by atoms with Gasteiger partial charge in [0.15, 0.2) is 4.34 Å². The summed E-state index contributed by atoms with van der Waals surface area (Å²) in [6.07, 6.45) is 3.96. The highest BCUT2D eigenvalue weighted by molar-refractivity contribution is 8.01. The van der Waals surface area contributed by atoms with Gasteiger partial charge in [-0.1, -0.05) is 41.0 Å². The number of carbonyl (C=O) groups is 1. The molecule has 1 aliphatic rings. The van der Waals surface area contributed by atoms with Crippen molar-refractivity contribution in [3.8, 4) is 0 Å². The van der Waals surface area contributed by atoms with E-state index in [0.717, 1.165) is 45.3 Å². The van der Waals surface area contributed by atoms with Crippen molar-refractivity contribution < 1.29 is 9.53 Å². The number of carbonyl (C=O) groups excluding carboxylic acids is 1. The molecule has 0 unspecified atom stereocenters. The van der Waals surface area contributed by atoms with Crippen LogP contribution in [-0.2, 0) is 9.53 Å². The van der Waals surface area contributed by atoms with E-state index in [1.54, 1.807) is 29.7 Å². The fourth-order valence-electron chi connectivity index (χ4n) is 3.00. The van der Waals surface area contributed by atoms with Crippen LogP contribution in [-0.4, -0.2) is 42.1 Å². The van der Waals surface area contributed by atoms with E-state index >= 15 is 0 Å². The van der Waals surface area contributed by atoms with Crippen LogP contribution in [0.1, 0.15) is 18.4 Å². The quantitative estimate of drug-likeness (QED) is 0.346. The molecular formula is C21H19Cl2N3O2S2. The second-order valence-corrected chi connectivity index (χ2v) is 9.88. The van der Waals surface area contributed by atoms with Crippen molar-refractivity contribution >= 4 is 74.3 Å². The standard InChI is InChI=1S/C21H19Cl2N3O2S2/c22-14-4-3-13(17(23)8-14)10-24-15-5-6-18-19(9-15)30-21(26-18)29-12-20(27)25-11-16-2-1-7-28-16/h3-6,8-10,16H,1-2,7,11-12H2,(H,25,27)/t16-/m1/s1. The van der Waals surface area contributed by atoms with Crippen molar-refractivity contribution in [1.29, 1.82) is 0 Å². The van der Waals surface area contributed by atoms with Crippen LogP contribution in [0, 0.1) is 0 Å². The molecule has 5 nitrogen and oxygen atoms in total. The second-order valence-electron chi connectivity index (χ2n) is 6.78. The minimum Gasteiger partial charge on any atom is -0.376 e. The normalized spacial score (nSPS) is 16.5. The van der Waals surface area contributed by atoms with Gasteiger partial charge in [0.25, 0.3) is 0 Å². The Labute approximate surface area is 192 Å². The fourth-order valence-corrected chi connectivity index (χ4v) is 5.38. The molecule has 9 heteroatoms. The zero-order chi connectivity index (χ0) is 20.9. The zero-order valence-electron chi connectivity index (χ0n) is 15.9. The Hall–Kier alpha value is -1.64. The van der Waals surface area contributed by atoms with Gasteiger partial charge in [-0.15, -0.1) is 11.3 Å². The van der Waals surface area contributed by atoms with E-state index in [4.69, 9.17) is 27.9 Å². The molecule has 4 rings (SSSR count).